The molecule has 0 bridgehead atoms. The molecule has 26 heavy (non-hydrogen) atoms. The van der Waals surface area contributed by atoms with Gasteiger partial charge >= 0.3 is 0 Å². The van der Waals surface area contributed by atoms with Gasteiger partial charge in [0.1, 0.15) is 0 Å². The number of benzene rings is 1. The van der Waals surface area contributed by atoms with Gasteiger partial charge in [0, 0.05) is 26.3 Å². The smallest absolute Gasteiger partial charge is 0.191 e. The Morgan fingerprint density at radius 2 is 1.88 bits per heavy atom. The summed E-state index contributed by atoms with van der Waals surface area (Å²) in [6.07, 6.45) is 4.72. The Labute approximate surface area is 174 Å². The van der Waals surface area contributed by atoms with E-state index in [2.05, 4.69) is 41.1 Å². The molecule has 0 aromatic heterocycles. The van der Waals surface area contributed by atoms with Gasteiger partial charge in [0.05, 0.1) is 19.3 Å². The normalized spacial score (nSPS) is 20.0. The van der Waals surface area contributed by atoms with Crippen LogP contribution in [0, 0.1) is 5.92 Å². The van der Waals surface area contributed by atoms with Crippen LogP contribution in [0.3, 0.4) is 0 Å². The number of guanidine groups is 1. The standard InChI is InChI=1S/C20H31N3O2.HI/c1-16-5-9-23(10-6-16)20(21)22-14-17-3-2-4-18(13-17)15-25-19-7-11-24-12-8-19;/h2-4,13,16,19H,5-12,14-15H2,1H3,(H2,21,22);1H. The van der Waals surface area contributed by atoms with Gasteiger partial charge in [-0.3, -0.25) is 0 Å². The van der Waals surface area contributed by atoms with Crippen molar-refractivity contribution in [2.24, 2.45) is 16.6 Å². The molecule has 2 N–H and O–H groups in total. The lowest BCUT2D eigenvalue weighted by Crippen LogP contribution is -2.42. The predicted octanol–water partition coefficient (Wildman–Crippen LogP) is 3.55. The third-order valence-corrected chi connectivity index (χ3v) is 5.18. The van der Waals surface area contributed by atoms with Crippen LogP contribution in [0.15, 0.2) is 29.3 Å². The summed E-state index contributed by atoms with van der Waals surface area (Å²) in [5.74, 6) is 1.48. The van der Waals surface area contributed by atoms with Crippen molar-refractivity contribution in [3.63, 3.8) is 0 Å². The van der Waals surface area contributed by atoms with E-state index in [1.807, 2.05) is 0 Å². The lowest BCUT2D eigenvalue weighted by Gasteiger charge is -2.31. The van der Waals surface area contributed by atoms with Crippen LogP contribution in [0.4, 0.5) is 0 Å². The SMILES string of the molecule is CC1CCN(C(N)=NCc2cccc(COC3CCOCC3)c2)CC1.I. The van der Waals surface area contributed by atoms with Gasteiger partial charge in [-0.05, 0) is 42.7 Å². The van der Waals surface area contributed by atoms with Crippen molar-refractivity contribution < 1.29 is 9.47 Å². The Kier molecular flexibility index (Phi) is 9.15. The highest BCUT2D eigenvalue weighted by Crippen LogP contribution is 2.17. The number of likely N-dealkylation sites (tertiary alicyclic amines) is 1. The van der Waals surface area contributed by atoms with E-state index in [-0.39, 0.29) is 24.0 Å². The van der Waals surface area contributed by atoms with Gasteiger partial charge in [-0.2, -0.15) is 0 Å². The Morgan fingerprint density at radius 3 is 2.62 bits per heavy atom. The van der Waals surface area contributed by atoms with Gasteiger partial charge in [-0.1, -0.05) is 31.2 Å². The van der Waals surface area contributed by atoms with Gasteiger partial charge < -0.3 is 20.1 Å². The number of halogens is 1. The maximum absolute atomic E-state index is 6.18. The van der Waals surface area contributed by atoms with Crippen LogP contribution in [0.1, 0.15) is 43.7 Å². The van der Waals surface area contributed by atoms with E-state index in [9.17, 15) is 0 Å². The first kappa shape index (κ1) is 21.4. The Balaban J connectivity index is 0.00000243. The van der Waals surface area contributed by atoms with Crippen LogP contribution in [-0.4, -0.2) is 43.3 Å². The summed E-state index contributed by atoms with van der Waals surface area (Å²) in [4.78, 5) is 6.80. The Hall–Kier alpha value is -0.860. The van der Waals surface area contributed by atoms with Crippen LogP contribution < -0.4 is 5.73 Å². The van der Waals surface area contributed by atoms with Crippen LogP contribution >= 0.6 is 24.0 Å². The summed E-state index contributed by atoms with van der Waals surface area (Å²) >= 11 is 0. The van der Waals surface area contributed by atoms with Crippen LogP contribution in [0.2, 0.25) is 0 Å². The molecule has 0 unspecified atom stereocenters. The third kappa shape index (κ3) is 6.70. The molecule has 2 aliphatic heterocycles. The summed E-state index contributed by atoms with van der Waals surface area (Å²) in [5, 5.41) is 0. The van der Waals surface area contributed by atoms with Crippen molar-refractivity contribution in [2.75, 3.05) is 26.3 Å². The van der Waals surface area contributed by atoms with Crippen molar-refractivity contribution in [3.8, 4) is 0 Å². The minimum absolute atomic E-state index is 0. The van der Waals surface area contributed by atoms with E-state index in [0.717, 1.165) is 45.1 Å². The van der Waals surface area contributed by atoms with Gasteiger partial charge in [0.25, 0.3) is 0 Å². The Bertz CT molecular complexity index is 568. The summed E-state index contributed by atoms with van der Waals surface area (Å²) in [5.41, 5.74) is 8.56. The zero-order valence-corrected chi connectivity index (χ0v) is 18.1. The average molecular weight is 473 g/mol. The summed E-state index contributed by atoms with van der Waals surface area (Å²) < 4.78 is 11.4. The molecule has 0 radical (unpaired) electrons. The number of rotatable bonds is 5. The summed E-state index contributed by atoms with van der Waals surface area (Å²) in [6.45, 7) is 7.26. The molecule has 0 amide bonds. The monoisotopic (exact) mass is 473 g/mol. The number of aliphatic imine (C=N–C) groups is 1. The quantitative estimate of drug-likeness (QED) is 0.404. The van der Waals surface area contributed by atoms with Gasteiger partial charge in [-0.15, -0.1) is 24.0 Å². The largest absolute Gasteiger partial charge is 0.381 e. The predicted molar refractivity (Wildman–Crippen MR) is 116 cm³/mol. The number of ether oxygens (including phenoxy) is 2. The van der Waals surface area contributed by atoms with E-state index >= 15 is 0 Å². The van der Waals surface area contributed by atoms with Crippen molar-refractivity contribution in [1.82, 2.24) is 4.90 Å². The molecule has 1 aromatic carbocycles. The number of hydrogen-bond acceptors (Lipinski definition) is 3. The molecule has 0 saturated carbocycles. The van der Waals surface area contributed by atoms with Gasteiger partial charge in [-0.25, -0.2) is 4.99 Å². The summed E-state index contributed by atoms with van der Waals surface area (Å²) in [6, 6.07) is 8.47. The van der Waals surface area contributed by atoms with E-state index in [1.165, 1.54) is 24.0 Å². The number of nitrogens with zero attached hydrogens (tertiary/aromatic N) is 2. The van der Waals surface area contributed by atoms with Gasteiger partial charge in [0.2, 0.25) is 0 Å². The number of hydrogen-bond donors (Lipinski definition) is 1. The van der Waals surface area contributed by atoms with Crippen molar-refractivity contribution in [3.05, 3.63) is 35.4 Å². The molecule has 2 saturated heterocycles. The lowest BCUT2D eigenvalue weighted by atomic mass is 10.00. The van der Waals surface area contributed by atoms with Crippen molar-refractivity contribution >= 4 is 29.9 Å². The van der Waals surface area contributed by atoms with E-state index in [0.29, 0.717) is 25.2 Å². The molecule has 2 aliphatic rings. The second-order valence-electron chi connectivity index (χ2n) is 7.29. The fourth-order valence-electron chi connectivity index (χ4n) is 3.38. The van der Waals surface area contributed by atoms with Gasteiger partial charge in [0.15, 0.2) is 5.96 Å². The minimum Gasteiger partial charge on any atom is -0.381 e. The van der Waals surface area contributed by atoms with Crippen molar-refractivity contribution in [1.29, 1.82) is 0 Å². The van der Waals surface area contributed by atoms with E-state index < -0.39 is 0 Å². The zero-order chi connectivity index (χ0) is 17.5. The zero-order valence-electron chi connectivity index (χ0n) is 15.7. The maximum atomic E-state index is 6.18. The first-order chi connectivity index (χ1) is 12.2. The molecule has 3 rings (SSSR count). The molecule has 0 atom stereocenters. The van der Waals surface area contributed by atoms with Crippen molar-refractivity contribution in [2.45, 2.75) is 51.9 Å². The molecule has 6 heteroatoms. The molecular formula is C20H32IN3O2. The maximum Gasteiger partial charge on any atom is 0.191 e. The molecule has 146 valence electrons. The first-order valence-corrected chi connectivity index (χ1v) is 9.53. The Morgan fingerprint density at radius 1 is 1.19 bits per heavy atom. The fourth-order valence-corrected chi connectivity index (χ4v) is 3.38. The van der Waals surface area contributed by atoms with E-state index in [4.69, 9.17) is 15.2 Å². The molecule has 0 aliphatic carbocycles. The minimum atomic E-state index is 0. The molecule has 5 nitrogen and oxygen atoms in total. The molecule has 2 heterocycles. The van der Waals surface area contributed by atoms with E-state index in [1.54, 1.807) is 0 Å². The van der Waals surface area contributed by atoms with Crippen LogP contribution in [0.25, 0.3) is 0 Å². The summed E-state index contributed by atoms with van der Waals surface area (Å²) in [7, 11) is 0. The highest BCUT2D eigenvalue weighted by molar-refractivity contribution is 14.0. The second-order valence-corrected chi connectivity index (χ2v) is 7.29. The lowest BCUT2D eigenvalue weighted by molar-refractivity contribution is -0.0390. The average Bonchev–Trinajstić information content (AvgIpc) is 2.66. The highest BCUT2D eigenvalue weighted by Gasteiger charge is 2.17. The fraction of sp³-hybridized carbons (Fsp3) is 0.650. The number of piperidine rings is 1. The highest BCUT2D eigenvalue weighted by atomic mass is 127. The molecule has 1 aromatic rings. The molecule has 2 fully saturated rings. The van der Waals surface area contributed by atoms with Crippen LogP contribution in [-0.2, 0) is 22.6 Å². The topological polar surface area (TPSA) is 60.1 Å². The molecule has 0 spiro atoms. The number of nitrogens with two attached hydrogens (primary N) is 1. The third-order valence-electron chi connectivity index (χ3n) is 5.18. The first-order valence-electron chi connectivity index (χ1n) is 9.53. The molecular weight excluding hydrogens is 441 g/mol. The second kappa shape index (κ2) is 11.1. The van der Waals surface area contributed by atoms with Crippen LogP contribution in [0.5, 0.6) is 0 Å².